The van der Waals surface area contributed by atoms with E-state index in [2.05, 4.69) is 21.3 Å². The zero-order valence-corrected chi connectivity index (χ0v) is 16.9. The topological polar surface area (TPSA) is 88.1 Å². The van der Waals surface area contributed by atoms with E-state index in [9.17, 15) is 9.59 Å². The van der Waals surface area contributed by atoms with Gasteiger partial charge >= 0.3 is 0 Å². The zero-order valence-electron chi connectivity index (χ0n) is 16.9. The van der Waals surface area contributed by atoms with Gasteiger partial charge in [0.1, 0.15) is 0 Å². The van der Waals surface area contributed by atoms with Crippen molar-refractivity contribution >= 4 is 28.4 Å². The van der Waals surface area contributed by atoms with Crippen LogP contribution in [0.3, 0.4) is 0 Å². The molecule has 2 amide bonds. The number of rotatable bonds is 3. The van der Waals surface area contributed by atoms with Gasteiger partial charge in [0.15, 0.2) is 5.69 Å². The number of hydrogen-bond acceptors (Lipinski definition) is 4. The Balaban J connectivity index is 1.34. The molecule has 3 N–H and O–H groups in total. The van der Waals surface area contributed by atoms with Crippen LogP contribution in [-0.4, -0.2) is 21.6 Å². The number of amides is 2. The highest BCUT2D eigenvalue weighted by Crippen LogP contribution is 2.40. The van der Waals surface area contributed by atoms with Gasteiger partial charge in [0.2, 0.25) is 5.91 Å². The van der Waals surface area contributed by atoms with Gasteiger partial charge in [-0.1, -0.05) is 43.2 Å². The number of para-hydroxylation sites is 1. The van der Waals surface area contributed by atoms with E-state index in [4.69, 9.17) is 0 Å². The molecule has 1 aromatic heterocycles. The summed E-state index contributed by atoms with van der Waals surface area (Å²) in [6, 6.07) is 15.7. The highest BCUT2D eigenvalue weighted by Gasteiger charge is 2.40. The number of carbonyl (C=O) groups excluding carboxylic acids is 2. The summed E-state index contributed by atoms with van der Waals surface area (Å²) in [7, 11) is 1.84. The second-order valence-electron chi connectivity index (χ2n) is 8.23. The summed E-state index contributed by atoms with van der Waals surface area (Å²) in [5.41, 5.74) is 9.22. The largest absolute Gasteiger partial charge is 0.321 e. The lowest BCUT2D eigenvalue weighted by molar-refractivity contribution is -0.133. The smallest absolute Gasteiger partial charge is 0.276 e. The molecule has 2 fully saturated rings. The lowest BCUT2D eigenvalue weighted by atomic mass is 9.72. The number of hydrogen-bond donors (Lipinski definition) is 3. The molecule has 0 radical (unpaired) electrons. The quantitative estimate of drug-likeness (QED) is 0.626. The van der Waals surface area contributed by atoms with Gasteiger partial charge in [-0.25, -0.2) is 5.43 Å². The molecule has 2 aromatic carbocycles. The molecule has 5 rings (SSSR count). The van der Waals surface area contributed by atoms with Gasteiger partial charge in [-0.15, -0.1) is 0 Å². The highest BCUT2D eigenvalue weighted by molar-refractivity contribution is 6.11. The molecular formula is C23H25N5O2. The molecule has 1 saturated heterocycles. The molecule has 3 unspecified atom stereocenters. The van der Waals surface area contributed by atoms with Crippen molar-refractivity contribution in [3.63, 3.8) is 0 Å². The first-order valence-corrected chi connectivity index (χ1v) is 10.5. The lowest BCUT2D eigenvalue weighted by Crippen LogP contribution is -2.55. The molecule has 3 atom stereocenters. The lowest BCUT2D eigenvalue weighted by Gasteiger charge is -2.41. The maximum atomic E-state index is 12.8. The third-order valence-electron chi connectivity index (χ3n) is 6.44. The van der Waals surface area contributed by atoms with E-state index in [0.717, 1.165) is 41.4 Å². The van der Waals surface area contributed by atoms with Crippen LogP contribution >= 0.6 is 0 Å². The van der Waals surface area contributed by atoms with Crippen molar-refractivity contribution in [3.05, 3.63) is 59.8 Å². The van der Waals surface area contributed by atoms with Gasteiger partial charge in [-0.3, -0.25) is 19.7 Å². The van der Waals surface area contributed by atoms with Crippen LogP contribution in [0.5, 0.6) is 0 Å². The maximum Gasteiger partial charge on any atom is 0.276 e. The van der Waals surface area contributed by atoms with E-state index < -0.39 is 0 Å². The maximum absolute atomic E-state index is 12.8. The van der Waals surface area contributed by atoms with Crippen LogP contribution in [-0.2, 0) is 11.8 Å². The van der Waals surface area contributed by atoms with E-state index in [1.54, 1.807) is 4.68 Å². The van der Waals surface area contributed by atoms with Crippen molar-refractivity contribution in [2.24, 2.45) is 18.9 Å². The minimum Gasteiger partial charge on any atom is -0.321 e. The molecule has 7 nitrogen and oxygen atoms in total. The number of anilines is 1. The molecule has 154 valence electrons. The molecule has 7 heteroatoms. The molecule has 2 aliphatic rings. The van der Waals surface area contributed by atoms with E-state index in [0.29, 0.717) is 11.6 Å². The van der Waals surface area contributed by atoms with Crippen LogP contribution in [0.25, 0.3) is 10.9 Å². The Bertz CT molecular complexity index is 1100. The highest BCUT2D eigenvalue weighted by atomic mass is 16.2. The normalized spacial score (nSPS) is 23.6. The minimum atomic E-state index is -0.227. The summed E-state index contributed by atoms with van der Waals surface area (Å²) in [5, 5.41) is 8.17. The third kappa shape index (κ3) is 3.25. The average molecular weight is 403 g/mol. The Kier molecular flexibility index (Phi) is 4.75. The molecule has 1 aliphatic carbocycles. The molecule has 1 saturated carbocycles. The van der Waals surface area contributed by atoms with Crippen molar-refractivity contribution in [2.75, 3.05) is 5.32 Å². The van der Waals surface area contributed by atoms with Crippen molar-refractivity contribution in [1.82, 2.24) is 20.6 Å². The second kappa shape index (κ2) is 7.57. The average Bonchev–Trinajstić information content (AvgIpc) is 3.12. The third-order valence-corrected chi connectivity index (χ3v) is 6.44. The standard InChI is InChI=1S/C23H25N5O2/c1-28-19-9-5-4-8-18(19)21(27-28)23(30)24-15-12-10-14(11-13-15)20-16-6-2-3-7-17(16)22(29)26-25-20/h4-5,8-13,16-17,20,25H,2-3,6-7H2,1H3,(H,24,30)(H,26,29). The first-order chi connectivity index (χ1) is 14.6. The van der Waals surface area contributed by atoms with Crippen LogP contribution in [0, 0.1) is 11.8 Å². The summed E-state index contributed by atoms with van der Waals surface area (Å²) in [6.07, 6.45) is 4.30. The fourth-order valence-electron chi connectivity index (χ4n) is 4.91. The van der Waals surface area contributed by atoms with Crippen LogP contribution in [0.1, 0.15) is 47.8 Å². The number of nitrogens with zero attached hydrogens (tertiary/aromatic N) is 2. The van der Waals surface area contributed by atoms with E-state index in [1.165, 1.54) is 6.42 Å². The summed E-state index contributed by atoms with van der Waals surface area (Å²) in [4.78, 5) is 25.0. The van der Waals surface area contributed by atoms with Gasteiger partial charge in [-0.2, -0.15) is 5.10 Å². The molecule has 0 spiro atoms. The summed E-state index contributed by atoms with van der Waals surface area (Å²) < 4.78 is 1.72. The Hall–Kier alpha value is -3.19. The number of carbonyl (C=O) groups is 2. The molecule has 30 heavy (non-hydrogen) atoms. The van der Waals surface area contributed by atoms with E-state index >= 15 is 0 Å². The Morgan fingerprint density at radius 2 is 1.87 bits per heavy atom. The van der Waals surface area contributed by atoms with Crippen LogP contribution in [0.2, 0.25) is 0 Å². The molecule has 2 heterocycles. The van der Waals surface area contributed by atoms with Crippen molar-refractivity contribution in [1.29, 1.82) is 0 Å². The number of fused-ring (bicyclic) bond motifs is 2. The number of aryl methyl sites for hydroxylation is 1. The number of aromatic nitrogens is 2. The summed E-state index contributed by atoms with van der Waals surface area (Å²) >= 11 is 0. The van der Waals surface area contributed by atoms with Crippen molar-refractivity contribution < 1.29 is 9.59 Å². The Morgan fingerprint density at radius 3 is 2.70 bits per heavy atom. The van der Waals surface area contributed by atoms with Crippen LogP contribution in [0.4, 0.5) is 5.69 Å². The predicted octanol–water partition coefficient (Wildman–Crippen LogP) is 3.31. The monoisotopic (exact) mass is 403 g/mol. The summed E-state index contributed by atoms with van der Waals surface area (Å²) in [5.74, 6) is 0.284. The minimum absolute atomic E-state index is 0.0850. The molecule has 1 aliphatic heterocycles. The van der Waals surface area contributed by atoms with Gasteiger partial charge < -0.3 is 5.32 Å². The second-order valence-corrected chi connectivity index (χ2v) is 8.23. The van der Waals surface area contributed by atoms with E-state index in [-0.39, 0.29) is 23.8 Å². The van der Waals surface area contributed by atoms with Gasteiger partial charge in [0, 0.05) is 24.0 Å². The van der Waals surface area contributed by atoms with Crippen LogP contribution < -0.4 is 16.2 Å². The zero-order chi connectivity index (χ0) is 20.7. The number of hydrazine groups is 1. The number of nitrogens with one attached hydrogen (secondary N) is 3. The van der Waals surface area contributed by atoms with Crippen LogP contribution in [0.15, 0.2) is 48.5 Å². The van der Waals surface area contributed by atoms with E-state index in [1.807, 2.05) is 55.6 Å². The summed E-state index contributed by atoms with van der Waals surface area (Å²) in [6.45, 7) is 0. The first-order valence-electron chi connectivity index (χ1n) is 10.5. The Labute approximate surface area is 174 Å². The molecule has 3 aromatic rings. The SMILES string of the molecule is Cn1nc(C(=O)Nc2ccc(C3NNC(=O)C4CCCCC43)cc2)c2ccccc21. The molecular weight excluding hydrogens is 378 g/mol. The van der Waals surface area contributed by atoms with Gasteiger partial charge in [-0.05, 0) is 42.5 Å². The molecule has 0 bridgehead atoms. The predicted molar refractivity (Wildman–Crippen MR) is 115 cm³/mol. The van der Waals surface area contributed by atoms with Crippen molar-refractivity contribution in [2.45, 2.75) is 31.7 Å². The van der Waals surface area contributed by atoms with Gasteiger partial charge in [0.05, 0.1) is 11.6 Å². The van der Waals surface area contributed by atoms with Crippen molar-refractivity contribution in [3.8, 4) is 0 Å². The number of benzene rings is 2. The van der Waals surface area contributed by atoms with Gasteiger partial charge in [0.25, 0.3) is 5.91 Å². The first kappa shape index (κ1) is 18.8. The Morgan fingerprint density at radius 1 is 1.10 bits per heavy atom. The fourth-order valence-corrected chi connectivity index (χ4v) is 4.91. The fraction of sp³-hybridized carbons (Fsp3) is 0.348.